The van der Waals surface area contributed by atoms with E-state index in [2.05, 4.69) is 10.3 Å². The number of fused-ring (bicyclic) bond motifs is 1. The number of oxazole rings is 1. The number of benzene rings is 2. The van der Waals surface area contributed by atoms with Crippen molar-refractivity contribution in [2.24, 2.45) is 17.8 Å². The average Bonchev–Trinajstić information content (AvgIpc) is 3.85. The molecule has 7 nitrogen and oxygen atoms in total. The number of carbonyl (C=O) groups excluding carboxylic acids is 2. The summed E-state index contributed by atoms with van der Waals surface area (Å²) in [6.45, 7) is 1.18. The molecule has 2 aromatic carbocycles. The van der Waals surface area contributed by atoms with E-state index >= 15 is 8.78 Å². The molecule has 3 fully saturated rings. The number of aromatic nitrogens is 1. The van der Waals surface area contributed by atoms with Crippen LogP contribution in [0.4, 0.5) is 26.7 Å². The SMILES string of the molecule is Cc1ccc(C(F)(F)C(=O)NC(c2nc3cc(CN4CC(C(F)(F)F)NC4=O)ccc3o2)C(C2CC2)C2CC2)cc1. The zero-order valence-electron chi connectivity index (χ0n) is 22.2. The molecule has 41 heavy (non-hydrogen) atoms. The molecular formula is C29H29F5N4O3. The molecule has 1 saturated heterocycles. The van der Waals surface area contributed by atoms with Crippen LogP contribution in [-0.4, -0.2) is 40.6 Å². The Labute approximate surface area is 232 Å². The van der Waals surface area contributed by atoms with Crippen molar-refractivity contribution in [3.63, 3.8) is 0 Å². The maximum absolute atomic E-state index is 15.3. The van der Waals surface area contributed by atoms with Crippen LogP contribution in [0.5, 0.6) is 0 Å². The van der Waals surface area contributed by atoms with Crippen molar-refractivity contribution in [3.05, 3.63) is 65.0 Å². The summed E-state index contributed by atoms with van der Waals surface area (Å²) >= 11 is 0. The smallest absolute Gasteiger partial charge is 0.410 e. The van der Waals surface area contributed by atoms with Crippen LogP contribution in [-0.2, 0) is 17.3 Å². The number of rotatable bonds is 9. The Kier molecular flexibility index (Phi) is 6.69. The van der Waals surface area contributed by atoms with Gasteiger partial charge in [0, 0.05) is 12.1 Å². The van der Waals surface area contributed by atoms with Crippen LogP contribution < -0.4 is 10.6 Å². The molecule has 2 aliphatic carbocycles. The van der Waals surface area contributed by atoms with Crippen LogP contribution in [0.2, 0.25) is 0 Å². The van der Waals surface area contributed by atoms with Gasteiger partial charge in [-0.05, 0) is 68.1 Å². The molecule has 6 rings (SSSR count). The molecule has 2 atom stereocenters. The third-order valence-electron chi connectivity index (χ3n) is 8.19. The number of amides is 3. The molecular weight excluding hydrogens is 547 g/mol. The monoisotopic (exact) mass is 576 g/mol. The number of carbonyl (C=O) groups is 2. The second kappa shape index (κ2) is 9.99. The molecule has 3 aromatic rings. The van der Waals surface area contributed by atoms with Gasteiger partial charge < -0.3 is 20.0 Å². The van der Waals surface area contributed by atoms with Crippen molar-refractivity contribution in [3.8, 4) is 0 Å². The van der Waals surface area contributed by atoms with E-state index in [0.29, 0.717) is 16.7 Å². The Bertz CT molecular complexity index is 1450. The summed E-state index contributed by atoms with van der Waals surface area (Å²) in [4.78, 5) is 30.8. The van der Waals surface area contributed by atoms with Gasteiger partial charge in [0.25, 0.3) is 5.91 Å². The van der Waals surface area contributed by atoms with Crippen molar-refractivity contribution >= 4 is 23.0 Å². The highest BCUT2D eigenvalue weighted by Crippen LogP contribution is 2.54. The third kappa shape index (κ3) is 5.60. The second-order valence-corrected chi connectivity index (χ2v) is 11.4. The van der Waals surface area contributed by atoms with Crippen LogP contribution in [0.3, 0.4) is 0 Å². The highest BCUT2D eigenvalue weighted by atomic mass is 19.4. The van der Waals surface area contributed by atoms with E-state index in [4.69, 9.17) is 4.42 Å². The highest BCUT2D eigenvalue weighted by molar-refractivity contribution is 5.85. The predicted octanol–water partition coefficient (Wildman–Crippen LogP) is 5.98. The Morgan fingerprint density at radius 1 is 1.07 bits per heavy atom. The van der Waals surface area contributed by atoms with Gasteiger partial charge in [0.05, 0.1) is 6.54 Å². The summed E-state index contributed by atoms with van der Waals surface area (Å²) in [6, 6.07) is 6.69. The molecule has 2 heterocycles. The van der Waals surface area contributed by atoms with E-state index < -0.39 is 48.2 Å². The lowest BCUT2D eigenvalue weighted by Crippen LogP contribution is -2.43. The van der Waals surface area contributed by atoms with Crippen molar-refractivity contribution < 1.29 is 36.0 Å². The van der Waals surface area contributed by atoms with Crippen molar-refractivity contribution in [1.82, 2.24) is 20.5 Å². The van der Waals surface area contributed by atoms with Crippen LogP contribution in [0.25, 0.3) is 11.1 Å². The van der Waals surface area contributed by atoms with Gasteiger partial charge in [0.1, 0.15) is 17.6 Å². The van der Waals surface area contributed by atoms with Gasteiger partial charge in [-0.25, -0.2) is 9.78 Å². The van der Waals surface area contributed by atoms with E-state index in [-0.39, 0.29) is 30.2 Å². The summed E-state index contributed by atoms with van der Waals surface area (Å²) in [5, 5.41) is 4.51. The standard InChI is InChI=1S/C29H29F5N4O3/c1-15-2-9-19(10-3-15)28(30,31)26(39)37-24(23(17-5-6-17)18-7-8-18)25-35-20-12-16(4-11-21(20)41-25)13-38-14-22(29(32,33)34)36-27(38)40/h2-4,9-12,17-18,22-24H,5-8,13-14H2,1H3,(H,36,40)(H,37,39). The third-order valence-corrected chi connectivity index (χ3v) is 8.19. The number of hydrogen-bond donors (Lipinski definition) is 2. The van der Waals surface area contributed by atoms with Gasteiger partial charge in [0.2, 0.25) is 5.89 Å². The number of alkyl halides is 5. The molecule has 0 bridgehead atoms. The number of urea groups is 1. The molecule has 2 saturated carbocycles. The van der Waals surface area contributed by atoms with Crippen molar-refractivity contribution in [2.75, 3.05) is 6.54 Å². The number of hydrogen-bond acceptors (Lipinski definition) is 4. The first-order valence-corrected chi connectivity index (χ1v) is 13.7. The molecule has 3 amide bonds. The molecule has 218 valence electrons. The van der Waals surface area contributed by atoms with Crippen molar-refractivity contribution in [1.29, 1.82) is 0 Å². The fourth-order valence-electron chi connectivity index (χ4n) is 5.69. The number of nitrogens with zero attached hydrogens (tertiary/aromatic N) is 2. The minimum atomic E-state index is -4.55. The molecule has 0 radical (unpaired) electrons. The van der Waals surface area contributed by atoms with Crippen LogP contribution in [0.15, 0.2) is 46.9 Å². The summed E-state index contributed by atoms with van der Waals surface area (Å²) in [7, 11) is 0. The summed E-state index contributed by atoms with van der Waals surface area (Å²) in [5.41, 5.74) is 1.62. The lowest BCUT2D eigenvalue weighted by molar-refractivity contribution is -0.150. The van der Waals surface area contributed by atoms with Crippen LogP contribution in [0, 0.1) is 24.7 Å². The van der Waals surface area contributed by atoms with Gasteiger partial charge in [-0.2, -0.15) is 22.0 Å². The van der Waals surface area contributed by atoms with E-state index in [1.54, 1.807) is 25.1 Å². The Morgan fingerprint density at radius 3 is 2.32 bits per heavy atom. The molecule has 1 aliphatic heterocycles. The lowest BCUT2D eigenvalue weighted by Gasteiger charge is -2.27. The first-order valence-electron chi connectivity index (χ1n) is 13.7. The minimum Gasteiger partial charge on any atom is -0.438 e. The van der Waals surface area contributed by atoms with E-state index in [0.717, 1.165) is 36.1 Å². The average molecular weight is 577 g/mol. The largest absolute Gasteiger partial charge is 0.438 e. The first kappa shape index (κ1) is 27.5. The number of aryl methyl sites for hydroxylation is 1. The van der Waals surface area contributed by atoms with Gasteiger partial charge in [0.15, 0.2) is 5.58 Å². The zero-order valence-corrected chi connectivity index (χ0v) is 22.2. The summed E-state index contributed by atoms with van der Waals surface area (Å²) in [6.07, 6.45) is -0.816. The molecule has 0 spiro atoms. The summed E-state index contributed by atoms with van der Waals surface area (Å²) < 4.78 is 75.7. The molecule has 2 unspecified atom stereocenters. The molecule has 3 aliphatic rings. The summed E-state index contributed by atoms with van der Waals surface area (Å²) in [5.74, 6) is -4.66. The lowest BCUT2D eigenvalue weighted by atomic mass is 9.89. The van der Waals surface area contributed by atoms with E-state index in [9.17, 15) is 22.8 Å². The van der Waals surface area contributed by atoms with Gasteiger partial charge >= 0.3 is 18.1 Å². The molecule has 2 N–H and O–H groups in total. The maximum Gasteiger partial charge on any atom is 0.410 e. The van der Waals surface area contributed by atoms with Gasteiger partial charge in [-0.3, -0.25) is 4.79 Å². The van der Waals surface area contributed by atoms with Crippen molar-refractivity contribution in [2.45, 2.75) is 63.3 Å². The maximum atomic E-state index is 15.3. The molecule has 1 aromatic heterocycles. The van der Waals surface area contributed by atoms with Gasteiger partial charge in [-0.1, -0.05) is 35.9 Å². The Morgan fingerprint density at radius 2 is 1.73 bits per heavy atom. The highest BCUT2D eigenvalue weighted by Gasteiger charge is 2.51. The Hall–Kier alpha value is -3.70. The number of halogens is 5. The van der Waals surface area contributed by atoms with Crippen LogP contribution in [0.1, 0.15) is 54.3 Å². The van der Waals surface area contributed by atoms with E-state index in [1.165, 1.54) is 24.3 Å². The quantitative estimate of drug-likeness (QED) is 0.307. The number of nitrogens with one attached hydrogen (secondary N) is 2. The van der Waals surface area contributed by atoms with E-state index in [1.807, 2.05) is 5.32 Å². The second-order valence-electron chi connectivity index (χ2n) is 11.4. The topological polar surface area (TPSA) is 87.5 Å². The van der Waals surface area contributed by atoms with Gasteiger partial charge in [-0.15, -0.1) is 0 Å². The predicted molar refractivity (Wildman–Crippen MR) is 138 cm³/mol. The molecule has 12 heteroatoms. The normalized spacial score (nSPS) is 20.5. The first-order chi connectivity index (χ1) is 19.4. The Balaban J connectivity index is 1.26. The fraction of sp³-hybridized carbons (Fsp3) is 0.483. The zero-order chi connectivity index (χ0) is 29.1. The van der Waals surface area contributed by atoms with Crippen LogP contribution >= 0.6 is 0 Å². The minimum absolute atomic E-state index is 0.0771. The fourth-order valence-corrected chi connectivity index (χ4v) is 5.69.